The highest BCUT2D eigenvalue weighted by Crippen LogP contribution is 2.30. The van der Waals surface area contributed by atoms with Gasteiger partial charge in [-0.1, -0.05) is 12.1 Å². The molecule has 1 aromatic carbocycles. The summed E-state index contributed by atoms with van der Waals surface area (Å²) < 4.78 is 16.0. The van der Waals surface area contributed by atoms with Crippen molar-refractivity contribution in [3.05, 3.63) is 28.8 Å². The first-order chi connectivity index (χ1) is 9.15. The van der Waals surface area contributed by atoms with Crippen LogP contribution < -0.4 is 16.0 Å². The smallest absolute Gasteiger partial charge is 0.126 e. The normalized spacial score (nSPS) is 12.5. The first-order valence-electron chi connectivity index (χ1n) is 6.32. The summed E-state index contributed by atoms with van der Waals surface area (Å²) in [5.41, 5.74) is 6.09. The molecule has 0 aromatic heterocycles. The highest BCUT2D eigenvalue weighted by molar-refractivity contribution is 5.46. The van der Waals surface area contributed by atoms with E-state index in [0.29, 0.717) is 19.8 Å². The van der Waals surface area contributed by atoms with Crippen molar-refractivity contribution in [2.45, 2.75) is 19.9 Å². The Balaban J connectivity index is 2.83. The molecule has 0 radical (unpaired) electrons. The van der Waals surface area contributed by atoms with E-state index in [4.69, 9.17) is 20.1 Å². The van der Waals surface area contributed by atoms with Crippen molar-refractivity contribution in [2.75, 3.05) is 34.0 Å². The van der Waals surface area contributed by atoms with Crippen LogP contribution in [0, 0.1) is 13.8 Å². The van der Waals surface area contributed by atoms with Gasteiger partial charge in [-0.25, -0.2) is 0 Å². The van der Waals surface area contributed by atoms with Crippen molar-refractivity contribution in [1.82, 2.24) is 5.43 Å². The third kappa shape index (κ3) is 4.18. The van der Waals surface area contributed by atoms with Crippen LogP contribution in [0.4, 0.5) is 0 Å². The van der Waals surface area contributed by atoms with Crippen molar-refractivity contribution < 1.29 is 14.2 Å². The van der Waals surface area contributed by atoms with Crippen LogP contribution in [0.2, 0.25) is 0 Å². The number of hydrogen-bond donors (Lipinski definition) is 2. The SMILES string of the molecule is COCCOCC(NN)c1ccc(C)c(C)c1OC. The molecule has 0 fully saturated rings. The highest BCUT2D eigenvalue weighted by Gasteiger charge is 2.17. The zero-order valence-corrected chi connectivity index (χ0v) is 12.2. The van der Waals surface area contributed by atoms with Gasteiger partial charge < -0.3 is 14.2 Å². The Bertz CT molecular complexity index is 397. The fraction of sp³-hybridized carbons (Fsp3) is 0.571. The van der Waals surface area contributed by atoms with Gasteiger partial charge in [-0.2, -0.15) is 0 Å². The third-order valence-electron chi connectivity index (χ3n) is 3.20. The van der Waals surface area contributed by atoms with Crippen molar-refractivity contribution in [1.29, 1.82) is 0 Å². The van der Waals surface area contributed by atoms with Gasteiger partial charge in [0.2, 0.25) is 0 Å². The van der Waals surface area contributed by atoms with E-state index >= 15 is 0 Å². The van der Waals surface area contributed by atoms with Gasteiger partial charge in [-0.05, 0) is 25.0 Å². The molecule has 1 atom stereocenters. The maximum Gasteiger partial charge on any atom is 0.126 e. The molecule has 0 spiro atoms. The zero-order valence-electron chi connectivity index (χ0n) is 12.2. The van der Waals surface area contributed by atoms with E-state index in [9.17, 15) is 0 Å². The number of nitrogens with one attached hydrogen (secondary N) is 1. The predicted octanol–water partition coefficient (Wildman–Crippen LogP) is 1.48. The van der Waals surface area contributed by atoms with Gasteiger partial charge in [0, 0.05) is 12.7 Å². The summed E-state index contributed by atoms with van der Waals surface area (Å²) in [7, 11) is 3.32. The fourth-order valence-corrected chi connectivity index (χ4v) is 1.93. The van der Waals surface area contributed by atoms with Gasteiger partial charge in [0.15, 0.2) is 0 Å². The Kier molecular flexibility index (Phi) is 6.80. The Labute approximate surface area is 115 Å². The Morgan fingerprint density at radius 3 is 2.53 bits per heavy atom. The molecule has 3 N–H and O–H groups in total. The van der Waals surface area contributed by atoms with Gasteiger partial charge in [-0.15, -0.1) is 0 Å². The molecule has 5 nitrogen and oxygen atoms in total. The minimum absolute atomic E-state index is 0.105. The van der Waals surface area contributed by atoms with E-state index in [1.807, 2.05) is 13.0 Å². The second-order valence-electron chi connectivity index (χ2n) is 4.42. The molecule has 1 aromatic rings. The Hall–Kier alpha value is -1.14. The maximum atomic E-state index is 5.61. The summed E-state index contributed by atoms with van der Waals surface area (Å²) in [5, 5.41) is 0. The summed E-state index contributed by atoms with van der Waals surface area (Å²) in [6.07, 6.45) is 0. The van der Waals surface area contributed by atoms with Crippen LogP contribution in [-0.4, -0.2) is 34.0 Å². The molecule has 0 saturated heterocycles. The van der Waals surface area contributed by atoms with Crippen LogP contribution in [0.3, 0.4) is 0 Å². The van der Waals surface area contributed by atoms with Crippen molar-refractivity contribution in [2.24, 2.45) is 5.84 Å². The number of ether oxygens (including phenoxy) is 3. The average molecular weight is 268 g/mol. The lowest BCUT2D eigenvalue weighted by atomic mass is 10.00. The summed E-state index contributed by atoms with van der Waals surface area (Å²) >= 11 is 0. The molecule has 0 aliphatic carbocycles. The lowest BCUT2D eigenvalue weighted by Gasteiger charge is -2.21. The average Bonchev–Trinajstić information content (AvgIpc) is 2.42. The van der Waals surface area contributed by atoms with E-state index < -0.39 is 0 Å². The van der Waals surface area contributed by atoms with Gasteiger partial charge in [0.1, 0.15) is 5.75 Å². The topological polar surface area (TPSA) is 65.7 Å². The van der Waals surface area contributed by atoms with E-state index in [2.05, 4.69) is 18.4 Å². The monoisotopic (exact) mass is 268 g/mol. The zero-order chi connectivity index (χ0) is 14.3. The Morgan fingerprint density at radius 1 is 1.21 bits per heavy atom. The molecular formula is C14H24N2O3. The molecular weight excluding hydrogens is 244 g/mol. The molecule has 108 valence electrons. The lowest BCUT2D eigenvalue weighted by Crippen LogP contribution is -2.32. The number of benzene rings is 1. The predicted molar refractivity (Wildman–Crippen MR) is 75.2 cm³/mol. The fourth-order valence-electron chi connectivity index (χ4n) is 1.93. The molecule has 5 heteroatoms. The molecule has 0 aliphatic heterocycles. The number of hydrogen-bond acceptors (Lipinski definition) is 5. The number of rotatable bonds is 8. The van der Waals surface area contributed by atoms with Crippen LogP contribution in [0.25, 0.3) is 0 Å². The van der Waals surface area contributed by atoms with E-state index in [0.717, 1.165) is 16.9 Å². The summed E-state index contributed by atoms with van der Waals surface area (Å²) in [6.45, 7) is 5.68. The molecule has 1 rings (SSSR count). The van der Waals surface area contributed by atoms with Crippen LogP contribution in [0.1, 0.15) is 22.7 Å². The van der Waals surface area contributed by atoms with Gasteiger partial charge in [0.25, 0.3) is 0 Å². The number of nitrogens with two attached hydrogens (primary N) is 1. The first kappa shape index (κ1) is 15.9. The standard InChI is InChI=1S/C14H24N2O3/c1-10-5-6-12(14(18-4)11(10)2)13(16-15)9-19-8-7-17-3/h5-6,13,16H,7-9,15H2,1-4H3. The van der Waals surface area contributed by atoms with E-state index in [1.165, 1.54) is 5.56 Å². The first-order valence-corrected chi connectivity index (χ1v) is 6.32. The van der Waals surface area contributed by atoms with Crippen molar-refractivity contribution in [3.63, 3.8) is 0 Å². The van der Waals surface area contributed by atoms with Crippen LogP contribution in [-0.2, 0) is 9.47 Å². The third-order valence-corrected chi connectivity index (χ3v) is 3.20. The van der Waals surface area contributed by atoms with Crippen molar-refractivity contribution in [3.8, 4) is 5.75 Å². The van der Waals surface area contributed by atoms with Gasteiger partial charge >= 0.3 is 0 Å². The number of methoxy groups -OCH3 is 2. The summed E-state index contributed by atoms with van der Waals surface area (Å²) in [4.78, 5) is 0. The van der Waals surface area contributed by atoms with E-state index in [1.54, 1.807) is 14.2 Å². The van der Waals surface area contributed by atoms with E-state index in [-0.39, 0.29) is 6.04 Å². The Morgan fingerprint density at radius 2 is 1.95 bits per heavy atom. The molecule has 1 unspecified atom stereocenters. The second kappa shape index (κ2) is 8.12. The number of aryl methyl sites for hydroxylation is 1. The molecule has 0 heterocycles. The van der Waals surface area contributed by atoms with Crippen LogP contribution in [0.15, 0.2) is 12.1 Å². The molecule has 19 heavy (non-hydrogen) atoms. The number of hydrazine groups is 1. The molecule has 0 bridgehead atoms. The maximum absolute atomic E-state index is 5.61. The van der Waals surface area contributed by atoms with Gasteiger partial charge in [-0.3, -0.25) is 11.3 Å². The lowest BCUT2D eigenvalue weighted by molar-refractivity contribution is 0.0582. The minimum Gasteiger partial charge on any atom is -0.496 e. The summed E-state index contributed by atoms with van der Waals surface area (Å²) in [5.74, 6) is 6.47. The summed E-state index contributed by atoms with van der Waals surface area (Å²) in [6, 6.07) is 3.98. The molecule has 0 aliphatic rings. The minimum atomic E-state index is -0.105. The quantitative estimate of drug-likeness (QED) is 0.425. The second-order valence-corrected chi connectivity index (χ2v) is 4.42. The van der Waals surface area contributed by atoms with Crippen LogP contribution in [0.5, 0.6) is 5.75 Å². The highest BCUT2D eigenvalue weighted by atomic mass is 16.5. The van der Waals surface area contributed by atoms with Crippen LogP contribution >= 0.6 is 0 Å². The van der Waals surface area contributed by atoms with Crippen molar-refractivity contribution >= 4 is 0 Å². The molecule has 0 amide bonds. The molecule has 0 saturated carbocycles. The van der Waals surface area contributed by atoms with Gasteiger partial charge in [0.05, 0.1) is 33.0 Å². The largest absolute Gasteiger partial charge is 0.496 e.